The Morgan fingerprint density at radius 2 is 1.21 bits per heavy atom. The molecule has 4 aliphatic rings. The third-order valence-corrected chi connectivity index (χ3v) is 7.62. The van der Waals surface area contributed by atoms with Gasteiger partial charge in [0.25, 0.3) is 0 Å². The lowest BCUT2D eigenvalue weighted by Gasteiger charge is -2.40. The fraction of sp³-hybridized carbons (Fsp3) is 0.471. The maximum atomic E-state index is 2.45. The first-order valence-electron chi connectivity index (χ1n) is 13.7. The Bertz CT molecular complexity index is 1070. The second-order valence-electron chi connectivity index (χ2n) is 8.40. The van der Waals surface area contributed by atoms with Crippen LogP contribution in [0.2, 0.25) is 0 Å². The highest BCUT2D eigenvalue weighted by atomic mass is 14.6. The Hall–Kier alpha value is -2.34. The molecule has 0 heteroatoms. The summed E-state index contributed by atoms with van der Waals surface area (Å²) in [4.78, 5) is 0. The Kier molecular flexibility index (Phi) is 9.74. The van der Waals surface area contributed by atoms with Gasteiger partial charge in [-0.3, -0.25) is 0 Å². The van der Waals surface area contributed by atoms with E-state index >= 15 is 0 Å². The molecule has 3 aromatic rings. The van der Waals surface area contributed by atoms with E-state index in [0.29, 0.717) is 0 Å². The van der Waals surface area contributed by atoms with Gasteiger partial charge in [0, 0.05) is 0 Å². The summed E-state index contributed by atoms with van der Waals surface area (Å²) in [5.41, 5.74) is 13.0. The summed E-state index contributed by atoms with van der Waals surface area (Å²) in [6, 6.07) is 23.5. The van der Waals surface area contributed by atoms with E-state index in [-0.39, 0.29) is 12.8 Å². The van der Waals surface area contributed by atoms with Crippen LogP contribution in [0.1, 0.15) is 121 Å². The summed E-state index contributed by atoms with van der Waals surface area (Å²) in [5, 5.41) is 0. The monoisotopic (exact) mass is 456 g/mol. The number of fused-ring (bicyclic) bond motifs is 4. The quantitative estimate of drug-likeness (QED) is 0.315. The van der Waals surface area contributed by atoms with Crippen molar-refractivity contribution in [3.63, 3.8) is 0 Å². The second kappa shape index (κ2) is 11.9. The molecule has 1 spiro atoms. The Balaban J connectivity index is 0.000000416. The second-order valence-corrected chi connectivity index (χ2v) is 8.40. The molecule has 7 rings (SSSR count). The Morgan fingerprint density at radius 3 is 1.91 bits per heavy atom. The summed E-state index contributed by atoms with van der Waals surface area (Å²) in [5.74, 6) is 1.52. The van der Waals surface area contributed by atoms with Gasteiger partial charge < -0.3 is 0 Å². The molecule has 0 heterocycles. The van der Waals surface area contributed by atoms with Gasteiger partial charge in [-0.2, -0.15) is 0 Å². The molecule has 3 unspecified atom stereocenters. The third kappa shape index (κ3) is 3.57. The number of hydrogen-bond acceptors (Lipinski definition) is 0. The van der Waals surface area contributed by atoms with Gasteiger partial charge in [-0.25, -0.2) is 0 Å². The van der Waals surface area contributed by atoms with E-state index < -0.39 is 0 Å². The van der Waals surface area contributed by atoms with Gasteiger partial charge >= 0.3 is 0 Å². The van der Waals surface area contributed by atoms with E-state index in [0.717, 1.165) is 18.3 Å². The molecule has 0 N–H and O–H groups in total. The van der Waals surface area contributed by atoms with E-state index in [2.05, 4.69) is 60.7 Å². The van der Waals surface area contributed by atoms with Crippen molar-refractivity contribution in [3.05, 3.63) is 94.0 Å². The minimum absolute atomic E-state index is 0. The standard InChI is InChI=1S/C25H20.4C2H6.CH4/c1-2-12-21-17(8-1)19-10-3-6-15-14-16-7-4-11-20-18-9-5-13-22(18)25(21,23(15)19)24(16)20;4*1-2;/h1-4,6-8,10-12,18,22H,5,9,13-14H2;4*1-2H3;1H4. The first-order valence-corrected chi connectivity index (χ1v) is 13.7. The summed E-state index contributed by atoms with van der Waals surface area (Å²) in [6.07, 6.45) is 5.26. The lowest BCUT2D eigenvalue weighted by molar-refractivity contribution is 0.386. The van der Waals surface area contributed by atoms with Crippen LogP contribution in [-0.2, 0) is 11.8 Å². The normalized spacial score (nSPS) is 22.1. The average molecular weight is 457 g/mol. The molecule has 3 aromatic carbocycles. The maximum Gasteiger partial charge on any atom is 0.0506 e. The molecular formula is C34H48. The molecule has 0 aromatic heterocycles. The van der Waals surface area contributed by atoms with Gasteiger partial charge in [0.1, 0.15) is 0 Å². The predicted molar refractivity (Wildman–Crippen MR) is 153 cm³/mol. The summed E-state index contributed by atoms with van der Waals surface area (Å²) in [7, 11) is 0. The summed E-state index contributed by atoms with van der Waals surface area (Å²) >= 11 is 0. The van der Waals surface area contributed by atoms with Crippen molar-refractivity contribution in [3.8, 4) is 11.1 Å². The van der Waals surface area contributed by atoms with Crippen LogP contribution in [-0.4, -0.2) is 0 Å². The van der Waals surface area contributed by atoms with E-state index in [1.54, 1.807) is 33.4 Å². The topological polar surface area (TPSA) is 0 Å². The minimum atomic E-state index is 0. The van der Waals surface area contributed by atoms with Gasteiger partial charge in [-0.1, -0.05) is 130 Å². The summed E-state index contributed by atoms with van der Waals surface area (Å²) < 4.78 is 0. The van der Waals surface area contributed by atoms with E-state index in [1.165, 1.54) is 30.4 Å². The minimum Gasteiger partial charge on any atom is -0.0776 e. The van der Waals surface area contributed by atoms with Crippen molar-refractivity contribution < 1.29 is 0 Å². The van der Waals surface area contributed by atoms with Crippen molar-refractivity contribution >= 4 is 0 Å². The molecular weight excluding hydrogens is 408 g/mol. The van der Waals surface area contributed by atoms with Crippen molar-refractivity contribution in [1.82, 2.24) is 0 Å². The largest absolute Gasteiger partial charge is 0.0776 e. The molecule has 0 radical (unpaired) electrons. The van der Waals surface area contributed by atoms with Crippen molar-refractivity contribution in [1.29, 1.82) is 0 Å². The third-order valence-electron chi connectivity index (χ3n) is 7.62. The molecule has 0 aliphatic heterocycles. The van der Waals surface area contributed by atoms with Gasteiger partial charge in [0.15, 0.2) is 0 Å². The lowest BCUT2D eigenvalue weighted by atomic mass is 9.61. The van der Waals surface area contributed by atoms with Crippen LogP contribution in [0.4, 0.5) is 0 Å². The molecule has 4 aliphatic carbocycles. The Labute approximate surface area is 210 Å². The molecule has 34 heavy (non-hydrogen) atoms. The first-order chi connectivity index (χ1) is 16.4. The maximum absolute atomic E-state index is 2.45. The van der Waals surface area contributed by atoms with Crippen molar-refractivity contribution in [2.75, 3.05) is 0 Å². The predicted octanol–water partition coefficient (Wildman–Crippen LogP) is 10.5. The highest BCUT2D eigenvalue weighted by Crippen LogP contribution is 2.70. The highest BCUT2D eigenvalue weighted by Gasteiger charge is 2.61. The SMILES string of the molecule is C.CC.CC.CC.CC.c1ccc2c(c1)-c1cccc3c1C21c2c(cccc2C2CCCC21)C3. The van der Waals surface area contributed by atoms with Crippen molar-refractivity contribution in [2.45, 2.75) is 99.8 Å². The molecule has 1 saturated carbocycles. The van der Waals surface area contributed by atoms with E-state index in [9.17, 15) is 0 Å². The highest BCUT2D eigenvalue weighted by molar-refractivity contribution is 5.88. The fourth-order valence-corrected chi connectivity index (χ4v) is 7.08. The summed E-state index contributed by atoms with van der Waals surface area (Å²) in [6.45, 7) is 16.0. The van der Waals surface area contributed by atoms with Gasteiger partial charge in [0.2, 0.25) is 0 Å². The van der Waals surface area contributed by atoms with E-state index in [4.69, 9.17) is 0 Å². The number of rotatable bonds is 0. The van der Waals surface area contributed by atoms with Crippen molar-refractivity contribution in [2.24, 2.45) is 5.92 Å². The van der Waals surface area contributed by atoms with Crippen LogP contribution in [0.5, 0.6) is 0 Å². The average Bonchev–Trinajstić information content (AvgIpc) is 3.59. The molecule has 0 nitrogen and oxygen atoms in total. The number of hydrogen-bond donors (Lipinski definition) is 0. The Morgan fingerprint density at radius 1 is 0.618 bits per heavy atom. The van der Waals surface area contributed by atoms with Gasteiger partial charge in [-0.05, 0) is 75.6 Å². The molecule has 184 valence electrons. The smallest absolute Gasteiger partial charge is 0.0506 e. The van der Waals surface area contributed by atoms with Crippen LogP contribution in [0.3, 0.4) is 0 Å². The first kappa shape index (κ1) is 27.9. The van der Waals surface area contributed by atoms with Crippen LogP contribution in [0.25, 0.3) is 11.1 Å². The molecule has 0 bridgehead atoms. The molecule has 3 atom stereocenters. The zero-order valence-corrected chi connectivity index (χ0v) is 22.3. The number of benzene rings is 3. The van der Waals surface area contributed by atoms with Gasteiger partial charge in [-0.15, -0.1) is 0 Å². The van der Waals surface area contributed by atoms with Crippen LogP contribution in [0.15, 0.2) is 60.7 Å². The lowest BCUT2D eigenvalue weighted by Crippen LogP contribution is -2.36. The zero-order valence-electron chi connectivity index (χ0n) is 22.3. The van der Waals surface area contributed by atoms with Crippen LogP contribution in [0, 0.1) is 5.92 Å². The van der Waals surface area contributed by atoms with Gasteiger partial charge in [0.05, 0.1) is 5.41 Å². The van der Waals surface area contributed by atoms with Crippen LogP contribution < -0.4 is 0 Å². The zero-order chi connectivity index (χ0) is 24.2. The molecule has 0 amide bonds. The van der Waals surface area contributed by atoms with E-state index in [1.807, 2.05) is 55.4 Å². The fourth-order valence-electron chi connectivity index (χ4n) is 7.08. The van der Waals surface area contributed by atoms with Crippen LogP contribution >= 0.6 is 0 Å². The molecule has 0 saturated heterocycles. The molecule has 1 fully saturated rings.